The van der Waals surface area contributed by atoms with Gasteiger partial charge in [0.05, 0.1) is 30.6 Å². The minimum atomic E-state index is -4.48. The maximum atomic E-state index is 13.0. The Labute approximate surface area is 173 Å². The molecule has 0 heterocycles. The van der Waals surface area contributed by atoms with Crippen molar-refractivity contribution in [3.05, 3.63) is 59.7 Å². The van der Waals surface area contributed by atoms with Crippen molar-refractivity contribution in [2.24, 2.45) is 0 Å². The normalized spacial score (nSPS) is 13.0. The Kier molecular flexibility index (Phi) is 8.16. The average Bonchev–Trinajstić information content (AvgIpc) is 2.67. The van der Waals surface area contributed by atoms with Gasteiger partial charge in [-0.05, 0) is 43.7 Å². The van der Waals surface area contributed by atoms with E-state index in [1.807, 2.05) is 0 Å². The fourth-order valence-electron chi connectivity index (χ4n) is 2.82. The van der Waals surface area contributed by atoms with Gasteiger partial charge in [0.15, 0.2) is 0 Å². The lowest BCUT2D eigenvalue weighted by Gasteiger charge is -2.19. The van der Waals surface area contributed by atoms with Crippen molar-refractivity contribution in [1.82, 2.24) is 0 Å². The van der Waals surface area contributed by atoms with E-state index in [9.17, 15) is 18.0 Å². The number of hydrogen-bond donors (Lipinski definition) is 1. The second-order valence-electron chi connectivity index (χ2n) is 6.67. The van der Waals surface area contributed by atoms with Gasteiger partial charge >= 0.3 is 12.1 Å². The number of ether oxygens (including phenoxy) is 2. The van der Waals surface area contributed by atoms with Gasteiger partial charge in [0.2, 0.25) is 0 Å². The number of halogens is 3. The fraction of sp³-hybridized carbons (Fsp3) is 0.348. The summed E-state index contributed by atoms with van der Waals surface area (Å²) in [4.78, 5) is 11.0. The number of aliphatic carboxylic acids is 1. The standard InChI is InChI=1S/C23H23F3O4/c1-3-6-18(15-22(27)28)17-9-11-19(12-10-17)29-14-13-16(2)30-21-8-5-4-7-20(21)23(24,25)26/h4-5,7-12,16,18H,13-15H2,1-2H3,(H,27,28). The van der Waals surface area contributed by atoms with Crippen LogP contribution in [0.1, 0.15) is 43.7 Å². The Morgan fingerprint density at radius 3 is 2.40 bits per heavy atom. The van der Waals surface area contributed by atoms with Crippen molar-refractivity contribution in [2.75, 3.05) is 6.61 Å². The first-order valence-corrected chi connectivity index (χ1v) is 9.40. The van der Waals surface area contributed by atoms with Crippen molar-refractivity contribution < 1.29 is 32.5 Å². The molecular formula is C23H23F3O4. The van der Waals surface area contributed by atoms with E-state index in [0.29, 0.717) is 12.2 Å². The summed E-state index contributed by atoms with van der Waals surface area (Å²) < 4.78 is 50.2. The zero-order chi connectivity index (χ0) is 22.1. The number of carboxylic acid groups (broad SMARTS) is 1. The molecule has 0 saturated heterocycles. The van der Waals surface area contributed by atoms with Gasteiger partial charge in [0.25, 0.3) is 0 Å². The summed E-state index contributed by atoms with van der Waals surface area (Å²) in [5.74, 6) is 4.65. The van der Waals surface area contributed by atoms with Crippen LogP contribution >= 0.6 is 0 Å². The predicted octanol–water partition coefficient (Wildman–Crippen LogP) is 5.52. The van der Waals surface area contributed by atoms with E-state index < -0.39 is 29.7 Å². The van der Waals surface area contributed by atoms with Crippen LogP contribution in [0.4, 0.5) is 13.2 Å². The number of rotatable bonds is 9. The molecule has 0 fully saturated rings. The van der Waals surface area contributed by atoms with Gasteiger partial charge in [-0.3, -0.25) is 4.79 Å². The van der Waals surface area contributed by atoms with E-state index in [1.54, 1.807) is 38.1 Å². The molecule has 7 heteroatoms. The highest BCUT2D eigenvalue weighted by molar-refractivity contribution is 5.69. The molecular weight excluding hydrogens is 397 g/mol. The molecule has 160 valence electrons. The number of hydrogen-bond acceptors (Lipinski definition) is 3. The van der Waals surface area contributed by atoms with Gasteiger partial charge < -0.3 is 14.6 Å². The molecule has 1 N–H and O–H groups in total. The highest BCUT2D eigenvalue weighted by atomic mass is 19.4. The highest BCUT2D eigenvalue weighted by Crippen LogP contribution is 2.36. The van der Waals surface area contributed by atoms with E-state index in [4.69, 9.17) is 14.6 Å². The lowest BCUT2D eigenvalue weighted by molar-refractivity contribution is -0.139. The Bertz CT molecular complexity index is 895. The maximum Gasteiger partial charge on any atom is 0.419 e. The molecule has 2 unspecified atom stereocenters. The maximum absolute atomic E-state index is 13.0. The molecule has 0 aliphatic heterocycles. The summed E-state index contributed by atoms with van der Waals surface area (Å²) in [5, 5.41) is 9.00. The van der Waals surface area contributed by atoms with Crippen molar-refractivity contribution >= 4 is 5.97 Å². The van der Waals surface area contributed by atoms with Gasteiger partial charge in [-0.2, -0.15) is 13.2 Å². The SMILES string of the molecule is CC#CC(CC(=O)O)c1ccc(OCCC(C)Oc2ccccc2C(F)(F)F)cc1. The zero-order valence-corrected chi connectivity index (χ0v) is 16.7. The summed E-state index contributed by atoms with van der Waals surface area (Å²) in [6, 6.07) is 12.0. The summed E-state index contributed by atoms with van der Waals surface area (Å²) in [6.45, 7) is 3.59. The van der Waals surface area contributed by atoms with Crippen molar-refractivity contribution in [3.63, 3.8) is 0 Å². The molecule has 0 aliphatic rings. The molecule has 0 saturated carbocycles. The molecule has 30 heavy (non-hydrogen) atoms. The molecule has 0 spiro atoms. The molecule has 2 aromatic carbocycles. The van der Waals surface area contributed by atoms with Crippen LogP contribution in [-0.4, -0.2) is 23.8 Å². The third-order valence-electron chi connectivity index (χ3n) is 4.29. The minimum absolute atomic E-state index is 0.0880. The second-order valence-corrected chi connectivity index (χ2v) is 6.67. The van der Waals surface area contributed by atoms with Gasteiger partial charge in [0.1, 0.15) is 11.5 Å². The fourth-order valence-corrected chi connectivity index (χ4v) is 2.82. The summed E-state index contributed by atoms with van der Waals surface area (Å²) >= 11 is 0. The van der Waals surface area contributed by atoms with E-state index >= 15 is 0 Å². The first-order chi connectivity index (χ1) is 14.2. The van der Waals surface area contributed by atoms with Crippen LogP contribution < -0.4 is 9.47 Å². The quantitative estimate of drug-likeness (QED) is 0.543. The van der Waals surface area contributed by atoms with E-state index in [1.165, 1.54) is 18.2 Å². The van der Waals surface area contributed by atoms with Crippen LogP contribution in [-0.2, 0) is 11.0 Å². The van der Waals surface area contributed by atoms with Crippen molar-refractivity contribution in [3.8, 4) is 23.3 Å². The van der Waals surface area contributed by atoms with Crippen molar-refractivity contribution in [1.29, 1.82) is 0 Å². The van der Waals surface area contributed by atoms with Crippen LogP contribution in [0.3, 0.4) is 0 Å². The van der Waals surface area contributed by atoms with Gasteiger partial charge in [0, 0.05) is 6.42 Å². The predicted molar refractivity (Wildman–Crippen MR) is 107 cm³/mol. The van der Waals surface area contributed by atoms with Crippen LogP contribution in [0, 0.1) is 11.8 Å². The Morgan fingerprint density at radius 1 is 1.13 bits per heavy atom. The molecule has 0 bridgehead atoms. The van der Waals surface area contributed by atoms with Crippen LogP contribution in [0.2, 0.25) is 0 Å². The van der Waals surface area contributed by atoms with E-state index in [0.717, 1.165) is 11.6 Å². The van der Waals surface area contributed by atoms with Gasteiger partial charge in [-0.15, -0.1) is 5.92 Å². The zero-order valence-electron chi connectivity index (χ0n) is 16.7. The van der Waals surface area contributed by atoms with Gasteiger partial charge in [-0.1, -0.05) is 30.2 Å². The number of para-hydroxylation sites is 1. The minimum Gasteiger partial charge on any atom is -0.493 e. The van der Waals surface area contributed by atoms with Crippen LogP contribution in [0.15, 0.2) is 48.5 Å². The number of alkyl halides is 3. The Balaban J connectivity index is 1.90. The smallest absolute Gasteiger partial charge is 0.419 e. The molecule has 4 nitrogen and oxygen atoms in total. The highest BCUT2D eigenvalue weighted by Gasteiger charge is 2.34. The number of carbonyl (C=O) groups is 1. The largest absolute Gasteiger partial charge is 0.493 e. The third-order valence-corrected chi connectivity index (χ3v) is 4.29. The molecule has 2 rings (SSSR count). The monoisotopic (exact) mass is 420 g/mol. The average molecular weight is 420 g/mol. The molecule has 2 atom stereocenters. The Morgan fingerprint density at radius 2 is 1.80 bits per heavy atom. The van der Waals surface area contributed by atoms with E-state index in [2.05, 4.69) is 11.8 Å². The first kappa shape index (κ1) is 23.1. The molecule has 2 aromatic rings. The first-order valence-electron chi connectivity index (χ1n) is 9.40. The van der Waals surface area contributed by atoms with E-state index in [-0.39, 0.29) is 18.8 Å². The Hall–Kier alpha value is -3.14. The number of benzene rings is 2. The summed E-state index contributed by atoms with van der Waals surface area (Å²) in [7, 11) is 0. The molecule has 0 aliphatic carbocycles. The molecule has 0 amide bonds. The third kappa shape index (κ3) is 7.03. The van der Waals surface area contributed by atoms with Crippen molar-refractivity contribution in [2.45, 2.75) is 44.9 Å². The molecule has 0 radical (unpaired) electrons. The number of carboxylic acids is 1. The summed E-state index contributed by atoms with van der Waals surface area (Å²) in [6.07, 6.45) is -4.66. The molecule has 0 aromatic heterocycles. The lowest BCUT2D eigenvalue weighted by atomic mass is 9.96. The van der Waals surface area contributed by atoms with Crippen LogP contribution in [0.25, 0.3) is 0 Å². The van der Waals surface area contributed by atoms with Gasteiger partial charge in [-0.25, -0.2) is 0 Å². The second kappa shape index (κ2) is 10.6. The van der Waals surface area contributed by atoms with Crippen LogP contribution in [0.5, 0.6) is 11.5 Å². The lowest BCUT2D eigenvalue weighted by Crippen LogP contribution is -2.18. The summed E-state index contributed by atoms with van der Waals surface area (Å²) in [5.41, 5.74) is -0.0287. The topological polar surface area (TPSA) is 55.8 Å².